The zero-order chi connectivity index (χ0) is 18.8. The number of hydrogen-bond donors (Lipinski definition) is 3. The standard InChI is InChI=1S/C19H13BrClFN2O2/c20-12-7-16(10-1-3-15(25)4-2-10)18(17(8-12)19(23)24-26)11-5-13(21)9-14(22)6-11/h1-9,25-26H,(H2,23,24). The van der Waals surface area contributed by atoms with Crippen molar-refractivity contribution < 1.29 is 14.7 Å². The highest BCUT2D eigenvalue weighted by Crippen LogP contribution is 2.39. The second-order valence-corrected chi connectivity index (χ2v) is 6.92. The van der Waals surface area contributed by atoms with Crippen molar-refractivity contribution >= 4 is 33.4 Å². The molecule has 132 valence electrons. The molecule has 3 aromatic rings. The number of oxime groups is 1. The molecule has 0 radical (unpaired) electrons. The quantitative estimate of drug-likeness (QED) is 0.224. The van der Waals surface area contributed by atoms with Gasteiger partial charge in [-0.25, -0.2) is 4.39 Å². The van der Waals surface area contributed by atoms with Gasteiger partial charge in [-0.2, -0.15) is 0 Å². The first kappa shape index (κ1) is 18.2. The molecule has 0 saturated carbocycles. The van der Waals surface area contributed by atoms with Crippen LogP contribution in [0.4, 0.5) is 4.39 Å². The second kappa shape index (κ2) is 7.35. The number of aromatic hydroxyl groups is 1. The molecule has 26 heavy (non-hydrogen) atoms. The van der Waals surface area contributed by atoms with Crippen LogP contribution in [0.15, 0.2) is 64.2 Å². The minimum absolute atomic E-state index is 0.121. The monoisotopic (exact) mass is 434 g/mol. The van der Waals surface area contributed by atoms with E-state index in [4.69, 9.17) is 17.3 Å². The number of phenolic OH excluding ortho intramolecular Hbond substituents is 1. The minimum atomic E-state index is -0.502. The lowest BCUT2D eigenvalue weighted by Crippen LogP contribution is -2.15. The van der Waals surface area contributed by atoms with Crippen LogP contribution in [-0.2, 0) is 0 Å². The Morgan fingerprint density at radius 3 is 2.35 bits per heavy atom. The normalized spacial score (nSPS) is 11.6. The molecule has 3 rings (SSSR count). The molecule has 0 saturated heterocycles. The van der Waals surface area contributed by atoms with E-state index in [1.165, 1.54) is 12.1 Å². The van der Waals surface area contributed by atoms with E-state index < -0.39 is 5.82 Å². The Kier molecular flexibility index (Phi) is 5.15. The van der Waals surface area contributed by atoms with E-state index >= 15 is 0 Å². The predicted octanol–water partition coefficient (Wildman–Crippen LogP) is 5.38. The van der Waals surface area contributed by atoms with Gasteiger partial charge in [-0.1, -0.05) is 44.8 Å². The molecule has 0 aliphatic heterocycles. The van der Waals surface area contributed by atoms with Crippen LogP contribution in [0, 0.1) is 5.82 Å². The maximum Gasteiger partial charge on any atom is 0.170 e. The summed E-state index contributed by atoms with van der Waals surface area (Å²) in [5.41, 5.74) is 8.75. The lowest BCUT2D eigenvalue weighted by molar-refractivity contribution is 0.318. The van der Waals surface area contributed by atoms with Crippen molar-refractivity contribution in [3.63, 3.8) is 0 Å². The molecule has 0 amide bonds. The van der Waals surface area contributed by atoms with Crippen molar-refractivity contribution in [2.45, 2.75) is 0 Å². The third kappa shape index (κ3) is 3.66. The lowest BCUT2D eigenvalue weighted by atomic mass is 9.90. The minimum Gasteiger partial charge on any atom is -0.508 e. The number of rotatable bonds is 3. The Bertz CT molecular complexity index is 987. The van der Waals surface area contributed by atoms with Crippen LogP contribution < -0.4 is 5.73 Å². The number of nitrogens with zero attached hydrogens (tertiary/aromatic N) is 1. The average molecular weight is 436 g/mol. The topological polar surface area (TPSA) is 78.8 Å². The Labute approximate surface area is 162 Å². The maximum atomic E-state index is 14.0. The van der Waals surface area contributed by atoms with Crippen molar-refractivity contribution in [1.29, 1.82) is 0 Å². The van der Waals surface area contributed by atoms with Crippen molar-refractivity contribution in [2.75, 3.05) is 0 Å². The van der Waals surface area contributed by atoms with E-state index in [1.807, 2.05) is 6.07 Å². The van der Waals surface area contributed by atoms with E-state index in [1.54, 1.807) is 36.4 Å². The van der Waals surface area contributed by atoms with Crippen LogP contribution in [0.3, 0.4) is 0 Å². The average Bonchev–Trinajstić information content (AvgIpc) is 2.60. The SMILES string of the molecule is NC(=NO)c1cc(Br)cc(-c2ccc(O)cc2)c1-c1cc(F)cc(Cl)c1. The van der Waals surface area contributed by atoms with Gasteiger partial charge < -0.3 is 16.0 Å². The molecule has 3 aromatic carbocycles. The predicted molar refractivity (Wildman–Crippen MR) is 104 cm³/mol. The first-order valence-electron chi connectivity index (χ1n) is 7.46. The van der Waals surface area contributed by atoms with Crippen LogP contribution in [-0.4, -0.2) is 16.1 Å². The van der Waals surface area contributed by atoms with E-state index in [2.05, 4.69) is 21.1 Å². The first-order valence-corrected chi connectivity index (χ1v) is 8.63. The van der Waals surface area contributed by atoms with Crippen LogP contribution in [0.5, 0.6) is 5.75 Å². The zero-order valence-electron chi connectivity index (χ0n) is 13.2. The van der Waals surface area contributed by atoms with Gasteiger partial charge in [-0.3, -0.25) is 0 Å². The Balaban J connectivity index is 2.39. The van der Waals surface area contributed by atoms with Crippen molar-refractivity contribution in [3.05, 3.63) is 75.5 Å². The number of phenols is 1. The number of nitrogens with two attached hydrogens (primary N) is 1. The van der Waals surface area contributed by atoms with Crippen molar-refractivity contribution in [1.82, 2.24) is 0 Å². The van der Waals surface area contributed by atoms with Gasteiger partial charge in [0.25, 0.3) is 0 Å². The molecule has 0 aromatic heterocycles. The molecule has 0 aliphatic carbocycles. The molecular weight excluding hydrogens is 423 g/mol. The highest BCUT2D eigenvalue weighted by molar-refractivity contribution is 9.10. The molecule has 0 aliphatic rings. The molecule has 4 nitrogen and oxygen atoms in total. The fraction of sp³-hybridized carbons (Fsp3) is 0. The fourth-order valence-corrected chi connectivity index (χ4v) is 3.42. The van der Waals surface area contributed by atoms with E-state index in [9.17, 15) is 14.7 Å². The maximum absolute atomic E-state index is 14.0. The molecule has 4 N–H and O–H groups in total. The molecule has 0 unspecified atom stereocenters. The van der Waals surface area contributed by atoms with E-state index in [0.29, 0.717) is 26.7 Å². The van der Waals surface area contributed by atoms with E-state index in [-0.39, 0.29) is 16.6 Å². The van der Waals surface area contributed by atoms with E-state index in [0.717, 1.165) is 5.56 Å². The van der Waals surface area contributed by atoms with Gasteiger partial charge in [0.2, 0.25) is 0 Å². The summed E-state index contributed by atoms with van der Waals surface area (Å²) in [4.78, 5) is 0. The number of amidine groups is 1. The second-order valence-electron chi connectivity index (χ2n) is 5.57. The summed E-state index contributed by atoms with van der Waals surface area (Å²) in [6.07, 6.45) is 0. The Morgan fingerprint density at radius 1 is 1.04 bits per heavy atom. The van der Waals surface area contributed by atoms with Crippen LogP contribution in [0.1, 0.15) is 5.56 Å². The molecule has 7 heteroatoms. The summed E-state index contributed by atoms with van der Waals surface area (Å²) in [6.45, 7) is 0. The Morgan fingerprint density at radius 2 is 1.73 bits per heavy atom. The third-order valence-corrected chi connectivity index (χ3v) is 4.49. The molecule has 0 bridgehead atoms. The van der Waals surface area contributed by atoms with Crippen LogP contribution >= 0.6 is 27.5 Å². The van der Waals surface area contributed by atoms with Gasteiger partial charge in [0.15, 0.2) is 5.84 Å². The number of halogens is 3. The molecule has 0 spiro atoms. The smallest absolute Gasteiger partial charge is 0.170 e. The Hall–Kier alpha value is -2.57. The fourth-order valence-electron chi connectivity index (χ4n) is 2.74. The van der Waals surface area contributed by atoms with Crippen molar-refractivity contribution in [3.8, 4) is 28.0 Å². The summed E-state index contributed by atoms with van der Waals surface area (Å²) in [7, 11) is 0. The van der Waals surface area contributed by atoms with Gasteiger partial charge in [0.1, 0.15) is 11.6 Å². The zero-order valence-corrected chi connectivity index (χ0v) is 15.6. The molecule has 0 fully saturated rings. The molecule has 0 atom stereocenters. The molecular formula is C19H13BrClFN2O2. The van der Waals surface area contributed by atoms with Gasteiger partial charge >= 0.3 is 0 Å². The number of benzene rings is 3. The first-order chi connectivity index (χ1) is 12.4. The van der Waals surface area contributed by atoms with Crippen LogP contribution in [0.25, 0.3) is 22.3 Å². The highest BCUT2D eigenvalue weighted by Gasteiger charge is 2.18. The van der Waals surface area contributed by atoms with Gasteiger partial charge in [-0.15, -0.1) is 0 Å². The highest BCUT2D eigenvalue weighted by atomic mass is 79.9. The summed E-state index contributed by atoms with van der Waals surface area (Å²) in [5.74, 6) is -0.505. The summed E-state index contributed by atoms with van der Waals surface area (Å²) in [6, 6.07) is 14.2. The van der Waals surface area contributed by atoms with Crippen LogP contribution in [0.2, 0.25) is 5.02 Å². The molecule has 0 heterocycles. The number of hydrogen-bond acceptors (Lipinski definition) is 3. The van der Waals surface area contributed by atoms with Crippen molar-refractivity contribution in [2.24, 2.45) is 10.9 Å². The lowest BCUT2D eigenvalue weighted by Gasteiger charge is -2.16. The summed E-state index contributed by atoms with van der Waals surface area (Å²) < 4.78 is 14.6. The van der Waals surface area contributed by atoms with Gasteiger partial charge in [-0.05, 0) is 59.2 Å². The summed E-state index contributed by atoms with van der Waals surface area (Å²) in [5, 5.41) is 22.0. The van der Waals surface area contributed by atoms with Gasteiger partial charge in [0, 0.05) is 20.6 Å². The largest absolute Gasteiger partial charge is 0.508 e. The summed E-state index contributed by atoms with van der Waals surface area (Å²) >= 11 is 9.44. The van der Waals surface area contributed by atoms with Gasteiger partial charge in [0.05, 0.1) is 0 Å². The third-order valence-electron chi connectivity index (χ3n) is 3.82.